The number of aliphatic hydroxyl groups is 1. The number of hydrogen-bond acceptors (Lipinski definition) is 4. The number of nitrogens with zero attached hydrogens (tertiary/aromatic N) is 1. The zero-order valence-electron chi connectivity index (χ0n) is 9.68. The van der Waals surface area contributed by atoms with Gasteiger partial charge in [0.2, 0.25) is 0 Å². The van der Waals surface area contributed by atoms with Gasteiger partial charge in [0.05, 0.1) is 12.2 Å². The number of pyridine rings is 1. The minimum Gasteiger partial charge on any atom is -0.395 e. The number of carbonyl (C=O) groups is 1. The predicted molar refractivity (Wildman–Crippen MR) is 73.3 cm³/mol. The number of hydrogen-bond donors (Lipinski definition) is 2. The van der Waals surface area contributed by atoms with Crippen LogP contribution in [0.3, 0.4) is 0 Å². The van der Waals surface area contributed by atoms with Crippen molar-refractivity contribution in [3.8, 4) is 0 Å². The highest BCUT2D eigenvalue weighted by Crippen LogP contribution is 2.14. The molecular formula is C11H15BrN2O2S. The molecule has 17 heavy (non-hydrogen) atoms. The van der Waals surface area contributed by atoms with E-state index in [1.54, 1.807) is 18.3 Å². The molecule has 0 aliphatic rings. The number of nitrogens with one attached hydrogen (secondary N) is 1. The van der Waals surface area contributed by atoms with Crippen LogP contribution in [-0.4, -0.2) is 40.2 Å². The second-order valence-corrected chi connectivity index (χ2v) is 5.39. The molecule has 1 aromatic heterocycles. The highest BCUT2D eigenvalue weighted by Gasteiger charge is 2.19. The van der Waals surface area contributed by atoms with Gasteiger partial charge in [-0.25, -0.2) is 4.98 Å². The number of amides is 1. The van der Waals surface area contributed by atoms with E-state index in [-0.39, 0.29) is 23.8 Å². The maximum atomic E-state index is 11.9. The lowest BCUT2D eigenvalue weighted by atomic mass is 10.2. The van der Waals surface area contributed by atoms with Gasteiger partial charge in [0.25, 0.3) is 5.91 Å². The van der Waals surface area contributed by atoms with Crippen LogP contribution in [0.1, 0.15) is 17.3 Å². The molecule has 0 aliphatic carbocycles. The summed E-state index contributed by atoms with van der Waals surface area (Å²) in [5.41, 5.74) is 0.497. The molecule has 94 valence electrons. The summed E-state index contributed by atoms with van der Waals surface area (Å²) in [6.45, 7) is 1.91. The first kappa shape index (κ1) is 14.5. The van der Waals surface area contributed by atoms with Crippen LogP contribution in [-0.2, 0) is 0 Å². The molecule has 0 aliphatic heterocycles. The summed E-state index contributed by atoms with van der Waals surface area (Å²) < 4.78 is 0.523. The number of halogens is 1. The summed E-state index contributed by atoms with van der Waals surface area (Å²) in [7, 11) is 0. The van der Waals surface area contributed by atoms with Gasteiger partial charge in [-0.2, -0.15) is 11.8 Å². The van der Waals surface area contributed by atoms with Crippen LogP contribution < -0.4 is 5.32 Å². The average Bonchev–Trinajstić information content (AvgIpc) is 2.31. The smallest absolute Gasteiger partial charge is 0.254 e. The monoisotopic (exact) mass is 318 g/mol. The molecule has 0 bridgehead atoms. The van der Waals surface area contributed by atoms with Crippen molar-refractivity contribution in [2.24, 2.45) is 0 Å². The summed E-state index contributed by atoms with van der Waals surface area (Å²) in [4.78, 5) is 15.9. The molecule has 0 spiro atoms. The highest BCUT2D eigenvalue weighted by molar-refractivity contribution is 9.10. The van der Waals surface area contributed by atoms with Gasteiger partial charge in [-0.15, -0.1) is 0 Å². The molecule has 0 saturated carbocycles. The minimum absolute atomic E-state index is 0.00519. The minimum atomic E-state index is -0.190. The van der Waals surface area contributed by atoms with E-state index in [1.807, 2.05) is 13.2 Å². The Morgan fingerprint density at radius 3 is 2.94 bits per heavy atom. The quantitative estimate of drug-likeness (QED) is 0.811. The van der Waals surface area contributed by atoms with Gasteiger partial charge in [-0.3, -0.25) is 4.79 Å². The van der Waals surface area contributed by atoms with Gasteiger partial charge in [0.1, 0.15) is 4.60 Å². The van der Waals surface area contributed by atoms with Crippen molar-refractivity contribution >= 4 is 33.6 Å². The normalized spacial score (nSPS) is 14.1. The summed E-state index contributed by atoms with van der Waals surface area (Å²) in [6.07, 6.45) is 3.52. The highest BCUT2D eigenvalue weighted by atomic mass is 79.9. The van der Waals surface area contributed by atoms with Crippen molar-refractivity contribution in [1.29, 1.82) is 0 Å². The predicted octanol–water partition coefficient (Wildman–Crippen LogP) is 1.69. The lowest BCUT2D eigenvalue weighted by Crippen LogP contribution is -2.41. The van der Waals surface area contributed by atoms with Crippen LogP contribution in [0, 0.1) is 0 Å². The van der Waals surface area contributed by atoms with E-state index in [0.717, 1.165) is 0 Å². The van der Waals surface area contributed by atoms with Crippen molar-refractivity contribution in [2.75, 3.05) is 12.9 Å². The number of thioether (sulfide) groups is 1. The molecular weight excluding hydrogens is 304 g/mol. The Balaban J connectivity index is 2.70. The number of rotatable bonds is 5. The van der Waals surface area contributed by atoms with Crippen LogP contribution in [0.4, 0.5) is 0 Å². The van der Waals surface area contributed by atoms with Crippen molar-refractivity contribution in [3.63, 3.8) is 0 Å². The van der Waals surface area contributed by atoms with E-state index in [1.165, 1.54) is 11.8 Å². The molecule has 1 heterocycles. The zero-order valence-corrected chi connectivity index (χ0v) is 12.1. The standard InChI is InChI=1S/C11H15BrN2O2S/c1-7(9(6-15)17-2)14-11(16)8-4-3-5-13-10(8)12/h3-5,7,9,15H,6H2,1-2H3,(H,14,16). The van der Waals surface area contributed by atoms with Crippen LogP contribution in [0.15, 0.2) is 22.9 Å². The average molecular weight is 319 g/mol. The second-order valence-electron chi connectivity index (χ2n) is 3.56. The molecule has 1 amide bonds. The van der Waals surface area contributed by atoms with Crippen molar-refractivity contribution in [1.82, 2.24) is 10.3 Å². The van der Waals surface area contributed by atoms with Crippen LogP contribution in [0.2, 0.25) is 0 Å². The Morgan fingerprint density at radius 2 is 2.41 bits per heavy atom. The molecule has 1 rings (SSSR count). The third-order valence-corrected chi connectivity index (χ3v) is 4.20. The number of aliphatic hydroxyl groups excluding tert-OH is 1. The Bertz CT molecular complexity index is 385. The Kier molecular flexibility index (Phi) is 5.94. The van der Waals surface area contributed by atoms with E-state index >= 15 is 0 Å². The van der Waals surface area contributed by atoms with E-state index in [4.69, 9.17) is 5.11 Å². The summed E-state index contributed by atoms with van der Waals surface area (Å²) in [5.74, 6) is -0.190. The molecule has 6 heteroatoms. The van der Waals surface area contributed by atoms with Gasteiger partial charge in [-0.1, -0.05) is 0 Å². The van der Waals surface area contributed by atoms with Crippen molar-refractivity contribution in [2.45, 2.75) is 18.2 Å². The van der Waals surface area contributed by atoms with Gasteiger partial charge < -0.3 is 10.4 Å². The second kappa shape index (κ2) is 6.98. The Morgan fingerprint density at radius 1 is 1.71 bits per heavy atom. The molecule has 4 nitrogen and oxygen atoms in total. The lowest BCUT2D eigenvalue weighted by molar-refractivity contribution is 0.0934. The molecule has 0 fully saturated rings. The summed E-state index contributed by atoms with van der Waals surface area (Å²) >= 11 is 4.76. The largest absolute Gasteiger partial charge is 0.395 e. The Labute approximate surface area is 113 Å². The fourth-order valence-corrected chi connectivity index (χ4v) is 2.43. The van der Waals surface area contributed by atoms with Gasteiger partial charge in [0, 0.05) is 17.5 Å². The van der Waals surface area contributed by atoms with Gasteiger partial charge in [-0.05, 0) is 41.2 Å². The SMILES string of the molecule is CSC(CO)C(C)NC(=O)c1cccnc1Br. The van der Waals surface area contributed by atoms with Crippen LogP contribution >= 0.6 is 27.7 Å². The third kappa shape index (κ3) is 3.97. The molecule has 1 aromatic rings. The fourth-order valence-electron chi connectivity index (χ4n) is 1.37. The van der Waals surface area contributed by atoms with Crippen LogP contribution in [0.25, 0.3) is 0 Å². The van der Waals surface area contributed by atoms with Crippen molar-refractivity contribution < 1.29 is 9.90 Å². The van der Waals surface area contributed by atoms with Crippen LogP contribution in [0.5, 0.6) is 0 Å². The zero-order chi connectivity index (χ0) is 12.8. The molecule has 0 radical (unpaired) electrons. The molecule has 2 N–H and O–H groups in total. The third-order valence-electron chi connectivity index (χ3n) is 2.40. The molecule has 2 atom stereocenters. The van der Waals surface area contributed by atoms with Gasteiger partial charge in [0.15, 0.2) is 0 Å². The van der Waals surface area contributed by atoms with Gasteiger partial charge >= 0.3 is 0 Å². The first-order valence-corrected chi connectivity index (χ1v) is 7.23. The fraction of sp³-hybridized carbons (Fsp3) is 0.455. The number of carbonyl (C=O) groups excluding carboxylic acids is 1. The van der Waals surface area contributed by atoms with Crippen molar-refractivity contribution in [3.05, 3.63) is 28.5 Å². The van der Waals surface area contributed by atoms with E-state index in [9.17, 15) is 4.79 Å². The first-order valence-electron chi connectivity index (χ1n) is 5.15. The van der Waals surface area contributed by atoms with E-state index in [0.29, 0.717) is 10.2 Å². The molecule has 2 unspecified atom stereocenters. The topological polar surface area (TPSA) is 62.2 Å². The summed E-state index contributed by atoms with van der Waals surface area (Å²) in [5, 5.41) is 12.0. The molecule has 0 aromatic carbocycles. The molecule has 0 saturated heterocycles. The summed E-state index contributed by atoms with van der Waals surface area (Å²) in [6, 6.07) is 3.31. The number of aromatic nitrogens is 1. The lowest BCUT2D eigenvalue weighted by Gasteiger charge is -2.21. The maximum Gasteiger partial charge on any atom is 0.254 e. The maximum absolute atomic E-state index is 11.9. The Hall–Kier alpha value is -0.590. The van der Waals surface area contributed by atoms with E-state index < -0.39 is 0 Å². The first-order chi connectivity index (χ1) is 8.10. The van der Waals surface area contributed by atoms with E-state index in [2.05, 4.69) is 26.2 Å².